The number of carbonyl (C=O) groups is 3. The van der Waals surface area contributed by atoms with Gasteiger partial charge in [0.15, 0.2) is 0 Å². The summed E-state index contributed by atoms with van der Waals surface area (Å²) in [7, 11) is 0. The lowest BCUT2D eigenvalue weighted by Crippen LogP contribution is -2.47. The molecule has 4 N–H and O–H groups in total. The number of amides is 3. The molecule has 0 aromatic rings. The molecule has 0 aromatic carbocycles. The van der Waals surface area contributed by atoms with Gasteiger partial charge in [0.2, 0.25) is 5.91 Å². The van der Waals surface area contributed by atoms with Crippen LogP contribution in [0.1, 0.15) is 20.8 Å². The molecule has 92 valence electrons. The maximum Gasteiger partial charge on any atom is 0.325 e. The molecule has 7 heteroatoms. The molecule has 0 aliphatic rings. The molecule has 16 heavy (non-hydrogen) atoms. The van der Waals surface area contributed by atoms with Crippen molar-refractivity contribution in [3.63, 3.8) is 0 Å². The van der Waals surface area contributed by atoms with Gasteiger partial charge in [0, 0.05) is 6.04 Å². The Hall–Kier alpha value is -1.79. The second-order valence-corrected chi connectivity index (χ2v) is 3.61. The van der Waals surface area contributed by atoms with Crippen LogP contribution in [-0.2, 0) is 9.59 Å². The fourth-order valence-corrected chi connectivity index (χ4v) is 0.843. The summed E-state index contributed by atoms with van der Waals surface area (Å²) >= 11 is 0. The summed E-state index contributed by atoms with van der Waals surface area (Å²) in [6.07, 6.45) is 0. The zero-order valence-corrected chi connectivity index (χ0v) is 9.53. The first kappa shape index (κ1) is 14.2. The molecule has 0 spiro atoms. The van der Waals surface area contributed by atoms with Gasteiger partial charge in [0.05, 0.1) is 6.54 Å². The van der Waals surface area contributed by atoms with E-state index in [9.17, 15) is 14.4 Å². The maximum atomic E-state index is 11.1. The molecule has 0 saturated heterocycles. The first-order valence-electron chi connectivity index (χ1n) is 4.89. The van der Waals surface area contributed by atoms with Gasteiger partial charge < -0.3 is 21.1 Å². The third kappa shape index (κ3) is 6.63. The Bertz CT molecular complexity index is 278. The summed E-state index contributed by atoms with van der Waals surface area (Å²) in [6.45, 7) is 4.74. The van der Waals surface area contributed by atoms with E-state index in [4.69, 9.17) is 5.11 Å². The highest BCUT2D eigenvalue weighted by Crippen LogP contribution is 1.81. The van der Waals surface area contributed by atoms with Gasteiger partial charge in [-0.1, -0.05) is 0 Å². The standard InChI is InChI=1S/C9H17N3O4/c1-5(2)11-7(13)4-10-9(16)12-6(3)8(14)15/h5-6H,4H2,1-3H3,(H,11,13)(H,14,15)(H2,10,12,16)/t6-/m1/s1. The number of carboxylic acid groups (broad SMARTS) is 1. The van der Waals surface area contributed by atoms with Crippen molar-refractivity contribution in [1.29, 1.82) is 0 Å². The Morgan fingerprint density at radius 3 is 2.12 bits per heavy atom. The molecule has 0 aliphatic heterocycles. The summed E-state index contributed by atoms with van der Waals surface area (Å²) in [4.78, 5) is 32.6. The number of hydrogen-bond donors (Lipinski definition) is 4. The van der Waals surface area contributed by atoms with Gasteiger partial charge in [0.1, 0.15) is 6.04 Å². The van der Waals surface area contributed by atoms with Gasteiger partial charge in [-0.3, -0.25) is 9.59 Å². The molecule has 0 unspecified atom stereocenters. The summed E-state index contributed by atoms with van der Waals surface area (Å²) in [5, 5.41) is 15.5. The lowest BCUT2D eigenvalue weighted by Gasteiger charge is -2.11. The highest BCUT2D eigenvalue weighted by Gasteiger charge is 2.14. The van der Waals surface area contributed by atoms with Crippen LogP contribution in [-0.4, -0.2) is 41.6 Å². The fourth-order valence-electron chi connectivity index (χ4n) is 0.843. The highest BCUT2D eigenvalue weighted by atomic mass is 16.4. The molecule has 0 heterocycles. The van der Waals surface area contributed by atoms with E-state index in [0.29, 0.717) is 0 Å². The average Bonchev–Trinajstić information content (AvgIpc) is 2.13. The molecule has 0 radical (unpaired) electrons. The van der Waals surface area contributed by atoms with Crippen LogP contribution in [0.2, 0.25) is 0 Å². The van der Waals surface area contributed by atoms with Crippen LogP contribution in [0.4, 0.5) is 4.79 Å². The number of aliphatic carboxylic acids is 1. The van der Waals surface area contributed by atoms with Crippen LogP contribution >= 0.6 is 0 Å². The molecule has 0 rings (SSSR count). The van der Waals surface area contributed by atoms with E-state index in [0.717, 1.165) is 0 Å². The molecule has 0 aromatic heterocycles. The molecule has 0 fully saturated rings. The normalized spacial score (nSPS) is 11.8. The van der Waals surface area contributed by atoms with Crippen LogP contribution in [0.3, 0.4) is 0 Å². The highest BCUT2D eigenvalue weighted by molar-refractivity contribution is 5.86. The van der Waals surface area contributed by atoms with Gasteiger partial charge in [-0.2, -0.15) is 0 Å². The minimum absolute atomic E-state index is 0.00435. The second-order valence-electron chi connectivity index (χ2n) is 3.61. The SMILES string of the molecule is CC(C)NC(=O)CNC(=O)N[C@H](C)C(=O)O. The zero-order valence-electron chi connectivity index (χ0n) is 9.53. The summed E-state index contributed by atoms with van der Waals surface area (Å²) < 4.78 is 0. The molecule has 7 nitrogen and oxygen atoms in total. The van der Waals surface area contributed by atoms with Gasteiger partial charge in [-0.05, 0) is 20.8 Å². The average molecular weight is 231 g/mol. The Morgan fingerprint density at radius 2 is 1.69 bits per heavy atom. The van der Waals surface area contributed by atoms with Gasteiger partial charge in [-0.15, -0.1) is 0 Å². The molecule has 0 aliphatic carbocycles. The lowest BCUT2D eigenvalue weighted by atomic mass is 10.3. The first-order chi connectivity index (χ1) is 7.32. The van der Waals surface area contributed by atoms with E-state index in [1.807, 2.05) is 0 Å². The van der Waals surface area contributed by atoms with Crippen LogP contribution in [0.5, 0.6) is 0 Å². The monoisotopic (exact) mass is 231 g/mol. The molecular weight excluding hydrogens is 214 g/mol. The van der Waals surface area contributed by atoms with Gasteiger partial charge in [0.25, 0.3) is 0 Å². The van der Waals surface area contributed by atoms with Crippen molar-refractivity contribution in [3.05, 3.63) is 0 Å². The number of carboxylic acids is 1. The molecular formula is C9H17N3O4. The minimum Gasteiger partial charge on any atom is -0.480 e. The Morgan fingerprint density at radius 1 is 1.12 bits per heavy atom. The Labute approximate surface area is 93.6 Å². The van der Waals surface area contributed by atoms with Crippen molar-refractivity contribution in [1.82, 2.24) is 16.0 Å². The van der Waals surface area contributed by atoms with Crippen LogP contribution in [0.15, 0.2) is 0 Å². The Balaban J connectivity index is 3.81. The molecule has 0 bridgehead atoms. The topological polar surface area (TPSA) is 108 Å². The van der Waals surface area contributed by atoms with E-state index in [1.165, 1.54) is 6.92 Å². The van der Waals surface area contributed by atoms with Crippen molar-refractivity contribution in [3.8, 4) is 0 Å². The third-order valence-electron chi connectivity index (χ3n) is 1.58. The zero-order chi connectivity index (χ0) is 12.7. The van der Waals surface area contributed by atoms with Crippen molar-refractivity contribution < 1.29 is 19.5 Å². The number of nitrogens with one attached hydrogen (secondary N) is 3. The predicted octanol–water partition coefficient (Wildman–Crippen LogP) is -0.717. The first-order valence-corrected chi connectivity index (χ1v) is 4.89. The van der Waals surface area contributed by atoms with Crippen LogP contribution in [0, 0.1) is 0 Å². The van der Waals surface area contributed by atoms with E-state index >= 15 is 0 Å². The number of hydrogen-bond acceptors (Lipinski definition) is 3. The van der Waals surface area contributed by atoms with E-state index in [2.05, 4.69) is 16.0 Å². The van der Waals surface area contributed by atoms with Crippen LogP contribution in [0.25, 0.3) is 0 Å². The van der Waals surface area contributed by atoms with Crippen molar-refractivity contribution in [2.75, 3.05) is 6.54 Å². The third-order valence-corrected chi connectivity index (χ3v) is 1.58. The molecule has 1 atom stereocenters. The molecule has 3 amide bonds. The van der Waals surface area contributed by atoms with E-state index < -0.39 is 18.0 Å². The van der Waals surface area contributed by atoms with E-state index in [-0.39, 0.29) is 18.5 Å². The minimum atomic E-state index is -1.14. The predicted molar refractivity (Wildman–Crippen MR) is 56.9 cm³/mol. The number of urea groups is 1. The lowest BCUT2D eigenvalue weighted by molar-refractivity contribution is -0.138. The fraction of sp³-hybridized carbons (Fsp3) is 0.667. The van der Waals surface area contributed by atoms with E-state index in [1.54, 1.807) is 13.8 Å². The van der Waals surface area contributed by atoms with Crippen molar-refractivity contribution in [2.45, 2.75) is 32.9 Å². The largest absolute Gasteiger partial charge is 0.480 e. The maximum absolute atomic E-state index is 11.1. The summed E-state index contributed by atoms with van der Waals surface area (Å²) in [6, 6.07) is -1.68. The summed E-state index contributed by atoms with van der Waals surface area (Å²) in [5.41, 5.74) is 0. The number of carbonyl (C=O) groups excluding carboxylic acids is 2. The van der Waals surface area contributed by atoms with Gasteiger partial charge >= 0.3 is 12.0 Å². The molecule has 0 saturated carbocycles. The van der Waals surface area contributed by atoms with Crippen molar-refractivity contribution >= 4 is 17.9 Å². The smallest absolute Gasteiger partial charge is 0.325 e. The summed E-state index contributed by atoms with van der Waals surface area (Å²) in [5.74, 6) is -1.46. The second kappa shape index (κ2) is 6.65. The number of rotatable bonds is 5. The quantitative estimate of drug-likeness (QED) is 0.501. The van der Waals surface area contributed by atoms with Crippen molar-refractivity contribution in [2.24, 2.45) is 0 Å². The van der Waals surface area contributed by atoms with Crippen LogP contribution < -0.4 is 16.0 Å². The Kier molecular flexibility index (Phi) is 5.91. The van der Waals surface area contributed by atoms with Gasteiger partial charge in [-0.25, -0.2) is 4.79 Å².